The normalized spacial score (nSPS) is 39.2. The van der Waals surface area contributed by atoms with Gasteiger partial charge in [-0.15, -0.1) is 6.58 Å². The van der Waals surface area contributed by atoms with Crippen LogP contribution < -0.4 is 0 Å². The zero-order chi connectivity index (χ0) is 16.1. The third-order valence-corrected chi connectivity index (χ3v) is 4.91. The van der Waals surface area contributed by atoms with Gasteiger partial charge in [0.05, 0.1) is 5.92 Å². The number of ether oxygens (including phenoxy) is 1. The Labute approximate surface area is 130 Å². The first kappa shape index (κ1) is 17.4. The number of esters is 1. The topological polar surface area (TPSA) is 26.3 Å². The van der Waals surface area contributed by atoms with Crippen molar-refractivity contribution in [3.63, 3.8) is 0 Å². The van der Waals surface area contributed by atoms with E-state index in [9.17, 15) is 18.0 Å². The van der Waals surface area contributed by atoms with Gasteiger partial charge in [0.25, 0.3) is 0 Å². The molecule has 2 aliphatic rings. The Balaban J connectivity index is 1.75. The van der Waals surface area contributed by atoms with Crippen molar-refractivity contribution in [2.75, 3.05) is 0 Å². The molecule has 0 radical (unpaired) electrons. The van der Waals surface area contributed by atoms with Gasteiger partial charge in [-0.05, 0) is 44.4 Å². The van der Waals surface area contributed by atoms with Crippen LogP contribution in [0.3, 0.4) is 0 Å². The molecule has 5 heteroatoms. The summed E-state index contributed by atoms with van der Waals surface area (Å²) in [4.78, 5) is 12.1. The molecular weight excluding hydrogens is 293 g/mol. The minimum Gasteiger partial charge on any atom is -0.462 e. The highest BCUT2D eigenvalue weighted by Crippen LogP contribution is 2.34. The highest BCUT2D eigenvalue weighted by molar-refractivity contribution is 5.72. The first-order valence-electron chi connectivity index (χ1n) is 8.24. The number of rotatable bonds is 5. The Morgan fingerprint density at radius 1 is 1.09 bits per heavy atom. The fraction of sp³-hybridized carbons (Fsp3) is 0.824. The summed E-state index contributed by atoms with van der Waals surface area (Å²) in [5, 5.41) is 0. The summed E-state index contributed by atoms with van der Waals surface area (Å²) >= 11 is 0. The van der Waals surface area contributed by atoms with Gasteiger partial charge in [-0.25, -0.2) is 13.2 Å². The average molecular weight is 318 g/mol. The second kappa shape index (κ2) is 8.02. The summed E-state index contributed by atoms with van der Waals surface area (Å²) in [7, 11) is 0. The standard InChI is InChI=1S/C17H25F3O2/c1-2-3-4-11-5-7-12(8-6-11)17(21)22-13-9-14(18)16(20)15(19)10-13/h2,11-16H,1,3-10H2. The molecule has 0 aliphatic heterocycles. The van der Waals surface area contributed by atoms with Gasteiger partial charge in [0.1, 0.15) is 18.4 Å². The first-order chi connectivity index (χ1) is 10.5. The number of hydrogen-bond donors (Lipinski definition) is 0. The predicted octanol–water partition coefficient (Wildman–Crippen LogP) is 4.48. The van der Waals surface area contributed by atoms with Crippen LogP contribution in [-0.2, 0) is 9.53 Å². The third kappa shape index (κ3) is 4.50. The minimum absolute atomic E-state index is 0.181. The SMILES string of the molecule is C=CCCC1CCC(C(=O)OC2CC(F)C(F)C(F)C2)CC1. The molecule has 0 heterocycles. The maximum absolute atomic E-state index is 13.3. The van der Waals surface area contributed by atoms with E-state index in [0.29, 0.717) is 5.92 Å². The summed E-state index contributed by atoms with van der Waals surface area (Å²) in [6.45, 7) is 3.71. The van der Waals surface area contributed by atoms with Crippen LogP contribution in [0.2, 0.25) is 0 Å². The zero-order valence-corrected chi connectivity index (χ0v) is 12.9. The second-order valence-corrected chi connectivity index (χ2v) is 6.59. The van der Waals surface area contributed by atoms with E-state index in [2.05, 4.69) is 6.58 Å². The van der Waals surface area contributed by atoms with Gasteiger partial charge in [0, 0.05) is 12.8 Å². The quantitative estimate of drug-likeness (QED) is 0.552. The lowest BCUT2D eigenvalue weighted by Crippen LogP contribution is -2.42. The van der Waals surface area contributed by atoms with E-state index in [-0.39, 0.29) is 24.7 Å². The Hall–Kier alpha value is -1.00. The van der Waals surface area contributed by atoms with Crippen LogP contribution in [0.4, 0.5) is 13.2 Å². The molecule has 0 aromatic heterocycles. The average Bonchev–Trinajstić information content (AvgIpc) is 2.51. The molecule has 2 unspecified atom stereocenters. The predicted molar refractivity (Wildman–Crippen MR) is 78.7 cm³/mol. The van der Waals surface area contributed by atoms with Crippen LogP contribution in [0.1, 0.15) is 51.4 Å². The van der Waals surface area contributed by atoms with E-state index in [0.717, 1.165) is 38.5 Å². The lowest BCUT2D eigenvalue weighted by atomic mass is 9.80. The van der Waals surface area contributed by atoms with Crippen molar-refractivity contribution < 1.29 is 22.7 Å². The molecule has 22 heavy (non-hydrogen) atoms. The summed E-state index contributed by atoms with van der Waals surface area (Å²) in [6, 6.07) is 0. The molecular formula is C17H25F3O2. The summed E-state index contributed by atoms with van der Waals surface area (Å²) in [5.41, 5.74) is 0. The molecule has 2 atom stereocenters. The molecule has 2 saturated carbocycles. The smallest absolute Gasteiger partial charge is 0.309 e. The molecule has 0 aromatic carbocycles. The molecule has 0 bridgehead atoms. The molecule has 0 N–H and O–H groups in total. The summed E-state index contributed by atoms with van der Waals surface area (Å²) < 4.78 is 45.0. The Morgan fingerprint density at radius 3 is 2.23 bits per heavy atom. The highest BCUT2D eigenvalue weighted by atomic mass is 19.2. The van der Waals surface area contributed by atoms with Crippen LogP contribution in [0.5, 0.6) is 0 Å². The highest BCUT2D eigenvalue weighted by Gasteiger charge is 2.41. The van der Waals surface area contributed by atoms with Crippen molar-refractivity contribution in [1.82, 2.24) is 0 Å². The van der Waals surface area contributed by atoms with Crippen LogP contribution in [0.15, 0.2) is 12.7 Å². The molecule has 2 aliphatic carbocycles. The maximum Gasteiger partial charge on any atom is 0.309 e. The summed E-state index contributed by atoms with van der Waals surface area (Å²) in [6.07, 6.45) is 0.317. The monoisotopic (exact) mass is 318 g/mol. The van der Waals surface area contributed by atoms with Crippen molar-refractivity contribution in [3.8, 4) is 0 Å². The molecule has 0 spiro atoms. The van der Waals surface area contributed by atoms with Gasteiger partial charge in [-0.1, -0.05) is 6.08 Å². The van der Waals surface area contributed by atoms with Gasteiger partial charge in [-0.2, -0.15) is 0 Å². The molecule has 0 amide bonds. The molecule has 2 nitrogen and oxygen atoms in total. The van der Waals surface area contributed by atoms with Gasteiger partial charge >= 0.3 is 5.97 Å². The van der Waals surface area contributed by atoms with Gasteiger partial charge in [0.2, 0.25) is 0 Å². The van der Waals surface area contributed by atoms with E-state index in [1.54, 1.807) is 0 Å². The first-order valence-corrected chi connectivity index (χ1v) is 8.24. The third-order valence-electron chi connectivity index (χ3n) is 4.91. The minimum atomic E-state index is -2.09. The van der Waals surface area contributed by atoms with E-state index in [1.165, 1.54) is 0 Å². The number of hydrogen-bond acceptors (Lipinski definition) is 2. The van der Waals surface area contributed by atoms with Crippen LogP contribution >= 0.6 is 0 Å². The molecule has 0 aromatic rings. The van der Waals surface area contributed by atoms with Gasteiger partial charge in [-0.3, -0.25) is 4.79 Å². The molecule has 126 valence electrons. The Bertz CT molecular complexity index is 368. The Kier molecular flexibility index (Phi) is 6.33. The fourth-order valence-electron chi connectivity index (χ4n) is 3.48. The second-order valence-electron chi connectivity index (χ2n) is 6.59. The van der Waals surface area contributed by atoms with Crippen molar-refractivity contribution in [3.05, 3.63) is 12.7 Å². The number of carbonyl (C=O) groups is 1. The number of alkyl halides is 3. The number of carbonyl (C=O) groups excluding carboxylic acids is 1. The molecule has 0 saturated heterocycles. The van der Waals surface area contributed by atoms with E-state index >= 15 is 0 Å². The van der Waals surface area contributed by atoms with E-state index in [4.69, 9.17) is 4.74 Å². The lowest BCUT2D eigenvalue weighted by molar-refractivity contribution is -0.161. The summed E-state index contributed by atoms with van der Waals surface area (Å²) in [5.74, 6) is 0.0672. The van der Waals surface area contributed by atoms with Crippen LogP contribution in [0, 0.1) is 11.8 Å². The number of halogens is 3. The van der Waals surface area contributed by atoms with Gasteiger partial charge in [0.15, 0.2) is 6.17 Å². The van der Waals surface area contributed by atoms with Gasteiger partial charge < -0.3 is 4.74 Å². The lowest BCUT2D eigenvalue weighted by Gasteiger charge is -2.32. The van der Waals surface area contributed by atoms with Crippen LogP contribution in [0.25, 0.3) is 0 Å². The van der Waals surface area contributed by atoms with Crippen LogP contribution in [-0.4, -0.2) is 30.6 Å². The maximum atomic E-state index is 13.3. The van der Waals surface area contributed by atoms with Crippen molar-refractivity contribution in [2.45, 2.75) is 76.0 Å². The van der Waals surface area contributed by atoms with Crippen molar-refractivity contribution in [1.29, 1.82) is 0 Å². The Morgan fingerprint density at radius 2 is 1.68 bits per heavy atom. The van der Waals surface area contributed by atoms with Crippen molar-refractivity contribution in [2.24, 2.45) is 11.8 Å². The van der Waals surface area contributed by atoms with E-state index < -0.39 is 24.6 Å². The fourth-order valence-corrected chi connectivity index (χ4v) is 3.48. The zero-order valence-electron chi connectivity index (χ0n) is 12.9. The largest absolute Gasteiger partial charge is 0.462 e. The molecule has 2 rings (SSSR count). The molecule has 2 fully saturated rings. The van der Waals surface area contributed by atoms with Crippen molar-refractivity contribution >= 4 is 5.97 Å². The number of allylic oxidation sites excluding steroid dienone is 1. The van der Waals surface area contributed by atoms with E-state index in [1.807, 2.05) is 6.08 Å².